The number of phenols is 1. The molecule has 1 fully saturated rings. The Morgan fingerprint density at radius 2 is 1.88 bits per heavy atom. The summed E-state index contributed by atoms with van der Waals surface area (Å²) in [7, 11) is 0. The van der Waals surface area contributed by atoms with Crippen molar-refractivity contribution in [2.45, 2.75) is 45.6 Å². The van der Waals surface area contributed by atoms with Gasteiger partial charge in [0.25, 0.3) is 0 Å². The van der Waals surface area contributed by atoms with E-state index in [1.807, 2.05) is 24.4 Å². The number of phenolic OH excluding ortho intramolecular Hbond substituents is 1. The second-order valence-corrected chi connectivity index (χ2v) is 13.5. The van der Waals surface area contributed by atoms with Gasteiger partial charge in [-0.1, -0.05) is 37.4 Å². The second kappa shape index (κ2) is 15.8. The van der Waals surface area contributed by atoms with E-state index < -0.39 is 20.1 Å². The number of pyridine rings is 1. The van der Waals surface area contributed by atoms with Crippen LogP contribution >= 0.6 is 11.6 Å². The van der Waals surface area contributed by atoms with Crippen molar-refractivity contribution in [1.29, 1.82) is 0 Å². The van der Waals surface area contributed by atoms with Crippen molar-refractivity contribution in [2.24, 2.45) is 0 Å². The van der Waals surface area contributed by atoms with Gasteiger partial charge >= 0.3 is 88.1 Å². The van der Waals surface area contributed by atoms with E-state index >= 15 is 0 Å². The summed E-state index contributed by atoms with van der Waals surface area (Å²) in [4.78, 5) is 30.3. The van der Waals surface area contributed by atoms with Crippen LogP contribution in [0.5, 0.6) is 5.75 Å². The molecule has 4 rings (SSSR count). The third-order valence-electron chi connectivity index (χ3n) is 6.44. The summed E-state index contributed by atoms with van der Waals surface area (Å²) in [5.41, 5.74) is 2.64. The Balaban J connectivity index is 0.000000274. The van der Waals surface area contributed by atoms with Crippen LogP contribution in [0.4, 0.5) is 17.1 Å². The summed E-state index contributed by atoms with van der Waals surface area (Å²) in [6, 6.07) is 14.8. The number of anilines is 3. The van der Waals surface area contributed by atoms with Gasteiger partial charge < -0.3 is 15.5 Å². The first-order valence-corrected chi connectivity index (χ1v) is 17.4. The Morgan fingerprint density at radius 3 is 2.57 bits per heavy atom. The number of hydrogen-bond donors (Lipinski definition) is 6. The number of benzene rings is 2. The number of hydrogen-bond acceptors (Lipinski definition) is 7. The Labute approximate surface area is 253 Å². The molecule has 2 aromatic carbocycles. The van der Waals surface area contributed by atoms with Crippen molar-refractivity contribution in [3.05, 3.63) is 71.5 Å². The van der Waals surface area contributed by atoms with Gasteiger partial charge in [0.15, 0.2) is 0 Å². The van der Waals surface area contributed by atoms with Gasteiger partial charge in [0.1, 0.15) is 6.04 Å². The third-order valence-corrected chi connectivity index (χ3v) is 8.78. The average Bonchev–Trinajstić information content (AvgIpc) is 2.94. The minimum atomic E-state index is -5.14. The predicted octanol–water partition coefficient (Wildman–Crippen LogP) is 2.80. The minimum absolute atomic E-state index is 0.0335. The molecule has 1 saturated heterocycles. The number of aromatic hydroxyl groups is 1. The molecule has 3 aromatic rings. The number of carbonyl (C=O) groups excluding carboxylic acids is 2. The van der Waals surface area contributed by atoms with Crippen molar-refractivity contribution in [2.75, 3.05) is 35.2 Å². The summed E-state index contributed by atoms with van der Waals surface area (Å²) in [6.07, 6.45) is 6.39. The molecule has 2 amide bonds. The molecule has 1 aromatic heterocycles. The molecule has 1 aliphatic rings. The van der Waals surface area contributed by atoms with Crippen molar-refractivity contribution in [3.8, 4) is 5.75 Å². The van der Waals surface area contributed by atoms with Crippen LogP contribution in [0.25, 0.3) is 0 Å². The molecule has 0 spiro atoms. The van der Waals surface area contributed by atoms with Crippen LogP contribution in [-0.4, -0.2) is 69.9 Å². The van der Waals surface area contributed by atoms with Crippen LogP contribution < -0.4 is 25.2 Å². The normalized spacial score (nSPS) is 14.9. The molecule has 0 radical (unpaired) electrons. The van der Waals surface area contributed by atoms with Gasteiger partial charge in [-0.3, -0.25) is 9.78 Å². The molecule has 1 atom stereocenters. The first-order valence-electron chi connectivity index (χ1n) is 13.6. The molecule has 1 aliphatic heterocycles. The fourth-order valence-electron chi connectivity index (χ4n) is 4.45. The Hall–Kier alpha value is -3.34. The van der Waals surface area contributed by atoms with Gasteiger partial charge in [0.05, 0.1) is 0 Å². The molecule has 1 unspecified atom stereocenters. The number of nitrogens with zero attached hydrogens (tertiary/aromatic N) is 2. The van der Waals surface area contributed by atoms with Crippen molar-refractivity contribution < 1.29 is 26.6 Å². The molecule has 6 N–H and O–H groups in total. The first kappa shape index (κ1) is 33.2. The topological polar surface area (TPSA) is 164 Å². The van der Waals surface area contributed by atoms with E-state index in [4.69, 9.17) is 19.8 Å². The van der Waals surface area contributed by atoms with Crippen LogP contribution in [0.1, 0.15) is 38.8 Å². The van der Waals surface area contributed by atoms with Crippen LogP contribution in [0, 0.1) is 0 Å². The number of unbranched alkanes of at least 4 members (excludes halogenated alkanes) is 2. The molecule has 226 valence electrons. The number of piperazine rings is 1. The number of nitrogens with one attached hydrogen (secondary N) is 3. The van der Waals surface area contributed by atoms with Gasteiger partial charge in [0, 0.05) is 47.9 Å². The maximum absolute atomic E-state index is 12.9. The van der Waals surface area contributed by atoms with E-state index in [9.17, 15) is 18.4 Å². The van der Waals surface area contributed by atoms with Crippen molar-refractivity contribution >= 4 is 59.0 Å². The van der Waals surface area contributed by atoms with E-state index in [1.54, 1.807) is 12.1 Å². The molecule has 0 saturated carbocycles. The zero-order valence-corrected chi connectivity index (χ0v) is 26.2. The van der Waals surface area contributed by atoms with Crippen LogP contribution in [0.15, 0.2) is 60.8 Å². The molecular formula is C29H37AsClN5O6. The largest absolute Gasteiger partial charge is 0.357 e. The van der Waals surface area contributed by atoms with E-state index in [-0.39, 0.29) is 27.7 Å². The number of aryl methyl sites for hydroxylation is 1. The Bertz CT molecular complexity index is 1420. The average molecular weight is 662 g/mol. The molecule has 42 heavy (non-hydrogen) atoms. The fourth-order valence-corrected chi connectivity index (χ4v) is 6.20. The Morgan fingerprint density at radius 1 is 1.12 bits per heavy atom. The Kier molecular flexibility index (Phi) is 12.4. The van der Waals surface area contributed by atoms with E-state index in [2.05, 4.69) is 38.8 Å². The zero-order chi connectivity index (χ0) is 30.7. The molecule has 11 nitrogen and oxygen atoms in total. The van der Waals surface area contributed by atoms with Gasteiger partial charge in [-0.25, -0.2) is 0 Å². The summed E-state index contributed by atoms with van der Waals surface area (Å²) in [6.45, 7) is 5.64. The van der Waals surface area contributed by atoms with E-state index in [0.717, 1.165) is 37.3 Å². The van der Waals surface area contributed by atoms with Crippen LogP contribution in [0.2, 0.25) is 5.02 Å². The van der Waals surface area contributed by atoms with E-state index in [1.165, 1.54) is 38.0 Å². The van der Waals surface area contributed by atoms with Crippen molar-refractivity contribution in [3.63, 3.8) is 0 Å². The number of para-hydroxylation sites is 1. The molecule has 0 aliphatic carbocycles. The zero-order valence-electron chi connectivity index (χ0n) is 23.6. The smallest absolute Gasteiger partial charge is 0.248 e. The number of amides is 2. The van der Waals surface area contributed by atoms with Gasteiger partial charge in [0.2, 0.25) is 5.91 Å². The summed E-state index contributed by atoms with van der Waals surface area (Å²) in [5, 5.41) is 18.5. The maximum atomic E-state index is 12.9. The van der Waals surface area contributed by atoms with Crippen LogP contribution in [0.3, 0.4) is 0 Å². The van der Waals surface area contributed by atoms with Gasteiger partial charge in [-0.15, -0.1) is 0 Å². The van der Waals surface area contributed by atoms with E-state index in [0.29, 0.717) is 17.3 Å². The molecule has 13 heteroatoms. The predicted molar refractivity (Wildman–Crippen MR) is 164 cm³/mol. The van der Waals surface area contributed by atoms with Crippen LogP contribution in [-0.2, 0) is 19.7 Å². The summed E-state index contributed by atoms with van der Waals surface area (Å²) < 4.78 is 28.8. The first-order chi connectivity index (χ1) is 20.0. The molecular weight excluding hydrogens is 625 g/mol. The third kappa shape index (κ3) is 9.89. The molecule has 2 heterocycles. The monoisotopic (exact) mass is 661 g/mol. The fraction of sp³-hybridized carbons (Fsp3) is 0.345. The van der Waals surface area contributed by atoms with Gasteiger partial charge in [-0.2, -0.15) is 0 Å². The number of rotatable bonds is 9. The quantitative estimate of drug-likeness (QED) is 0.115. The molecule has 0 bridgehead atoms. The number of halogens is 1. The maximum Gasteiger partial charge on any atom is 0.248 e. The number of aromatic nitrogens is 1. The standard InChI is InChI=1S/C21H27ClN4O.C8H10AsNO5/c1-2-3-4-7-17-14-19(9-10-24-17)26-12-11-23-15-20(26)21(27)25-18-8-5-6-16(22)13-18;1-5(11)10-8-6(9(13,14)15)3-2-4-7(8)12/h5-6,8-10,13-14,20,23H,2-4,7,11-12,15H2,1H3,(H,25,27);2-4,12H,1H3,(H,10,11)(H2,13,14,15). The summed E-state index contributed by atoms with van der Waals surface area (Å²) in [5.74, 6) is -0.914. The second-order valence-electron chi connectivity index (χ2n) is 9.77. The van der Waals surface area contributed by atoms with Crippen molar-refractivity contribution in [1.82, 2.24) is 10.3 Å². The van der Waals surface area contributed by atoms with Gasteiger partial charge in [-0.05, 0) is 43.2 Å². The number of carbonyl (C=O) groups is 2. The SMILES string of the molecule is CC(=O)Nc1c(O)cccc1[As](=O)(O)O.CCCCCc1cc(N2CCNCC2C(=O)Nc2cccc(Cl)c2)ccn1. The minimum Gasteiger partial charge on any atom is -0.357 e. The summed E-state index contributed by atoms with van der Waals surface area (Å²) >= 11 is 0.885.